The maximum atomic E-state index is 13.2. The van der Waals surface area contributed by atoms with E-state index in [9.17, 15) is 14.0 Å². The van der Waals surface area contributed by atoms with Crippen molar-refractivity contribution < 1.29 is 14.0 Å². The van der Waals surface area contributed by atoms with Crippen LogP contribution in [0.5, 0.6) is 0 Å². The molecule has 146 valence electrons. The second-order valence-corrected chi connectivity index (χ2v) is 8.09. The van der Waals surface area contributed by atoms with E-state index in [1.165, 1.54) is 12.1 Å². The first-order chi connectivity index (χ1) is 13.4. The van der Waals surface area contributed by atoms with Gasteiger partial charge in [0.2, 0.25) is 5.91 Å². The molecule has 4 rings (SSSR count). The van der Waals surface area contributed by atoms with Gasteiger partial charge in [0.1, 0.15) is 5.82 Å². The van der Waals surface area contributed by atoms with Gasteiger partial charge >= 0.3 is 0 Å². The maximum Gasteiger partial charge on any atom is 0.255 e. The van der Waals surface area contributed by atoms with E-state index in [4.69, 9.17) is 23.2 Å². The van der Waals surface area contributed by atoms with Crippen molar-refractivity contribution in [1.82, 2.24) is 9.80 Å². The smallest absolute Gasteiger partial charge is 0.255 e. The Hall–Kier alpha value is -2.11. The number of piperazine rings is 1. The minimum absolute atomic E-state index is 0.00717. The summed E-state index contributed by atoms with van der Waals surface area (Å²) in [6.07, 6.45) is 0.837. The Balaban J connectivity index is 1.34. The van der Waals surface area contributed by atoms with Crippen molar-refractivity contribution >= 4 is 35.0 Å². The predicted molar refractivity (Wildman–Crippen MR) is 106 cm³/mol. The molecule has 0 aromatic heterocycles. The van der Waals surface area contributed by atoms with Crippen molar-refractivity contribution in [3.8, 4) is 0 Å². The van der Waals surface area contributed by atoms with Gasteiger partial charge < -0.3 is 9.80 Å². The molecule has 1 aliphatic carbocycles. The summed E-state index contributed by atoms with van der Waals surface area (Å²) in [5.41, 5.74) is 1.39. The lowest BCUT2D eigenvalue weighted by Crippen LogP contribution is -2.51. The van der Waals surface area contributed by atoms with E-state index in [1.807, 2.05) is 29.2 Å². The van der Waals surface area contributed by atoms with Gasteiger partial charge in [-0.1, -0.05) is 35.3 Å². The van der Waals surface area contributed by atoms with Crippen LogP contribution in [0, 0.1) is 11.7 Å². The Morgan fingerprint density at radius 3 is 2.36 bits per heavy atom. The third-order valence-electron chi connectivity index (χ3n) is 5.42. The van der Waals surface area contributed by atoms with E-state index in [-0.39, 0.29) is 34.2 Å². The van der Waals surface area contributed by atoms with Crippen LogP contribution in [0.4, 0.5) is 4.39 Å². The zero-order valence-corrected chi connectivity index (χ0v) is 16.6. The maximum absolute atomic E-state index is 13.2. The van der Waals surface area contributed by atoms with Crippen LogP contribution in [0.3, 0.4) is 0 Å². The molecule has 28 heavy (non-hydrogen) atoms. The van der Waals surface area contributed by atoms with Gasteiger partial charge in [-0.3, -0.25) is 9.59 Å². The van der Waals surface area contributed by atoms with Crippen molar-refractivity contribution in [3.63, 3.8) is 0 Å². The number of rotatable bonds is 3. The van der Waals surface area contributed by atoms with Gasteiger partial charge in [-0.25, -0.2) is 4.39 Å². The number of carbonyl (C=O) groups excluding carboxylic acids is 2. The number of carbonyl (C=O) groups is 2. The van der Waals surface area contributed by atoms with E-state index in [0.717, 1.165) is 18.1 Å². The van der Waals surface area contributed by atoms with E-state index in [2.05, 4.69) is 0 Å². The standard InChI is InChI=1S/C21H19Cl2FN2O2/c22-14-3-1-2-13(10-14)17-12-18(17)21(28)26-8-6-25(7-9-26)20(27)16-5-4-15(24)11-19(16)23/h1-5,10-11,17-18H,6-9,12H2. The molecule has 2 atom stereocenters. The molecule has 2 aromatic carbocycles. The Morgan fingerprint density at radius 2 is 1.68 bits per heavy atom. The Bertz CT molecular complexity index is 928. The lowest BCUT2D eigenvalue weighted by molar-refractivity contribution is -0.134. The lowest BCUT2D eigenvalue weighted by Gasteiger charge is -2.35. The first-order valence-electron chi connectivity index (χ1n) is 9.22. The summed E-state index contributed by atoms with van der Waals surface area (Å²) in [5.74, 6) is -0.357. The number of nitrogens with zero attached hydrogens (tertiary/aromatic N) is 2. The van der Waals surface area contributed by atoms with Crippen molar-refractivity contribution in [1.29, 1.82) is 0 Å². The first kappa shape index (κ1) is 19.2. The summed E-state index contributed by atoms with van der Waals surface area (Å²) in [7, 11) is 0. The number of hydrogen-bond acceptors (Lipinski definition) is 2. The molecule has 2 fully saturated rings. The van der Waals surface area contributed by atoms with Crippen molar-refractivity contribution in [2.75, 3.05) is 26.2 Å². The third-order valence-corrected chi connectivity index (χ3v) is 5.97. The lowest BCUT2D eigenvalue weighted by atomic mass is 10.1. The van der Waals surface area contributed by atoms with Crippen LogP contribution in [-0.4, -0.2) is 47.8 Å². The van der Waals surface area contributed by atoms with Gasteiger partial charge in [-0.2, -0.15) is 0 Å². The average molecular weight is 421 g/mol. The molecule has 1 aliphatic heterocycles. The van der Waals surface area contributed by atoms with Gasteiger partial charge in [0, 0.05) is 37.1 Å². The second-order valence-electron chi connectivity index (χ2n) is 7.25. The van der Waals surface area contributed by atoms with E-state index in [1.54, 1.807) is 4.90 Å². The minimum Gasteiger partial charge on any atom is -0.339 e. The second kappa shape index (κ2) is 7.72. The summed E-state index contributed by atoms with van der Waals surface area (Å²) >= 11 is 12.0. The highest BCUT2D eigenvalue weighted by atomic mass is 35.5. The molecule has 0 bridgehead atoms. The van der Waals surface area contributed by atoms with Crippen molar-refractivity contribution in [3.05, 3.63) is 69.5 Å². The monoisotopic (exact) mass is 420 g/mol. The van der Waals surface area contributed by atoms with E-state index in [0.29, 0.717) is 31.2 Å². The molecule has 0 radical (unpaired) electrons. The molecule has 0 spiro atoms. The summed E-state index contributed by atoms with van der Waals surface area (Å²) in [4.78, 5) is 28.9. The first-order valence-corrected chi connectivity index (χ1v) is 9.98. The van der Waals surface area contributed by atoms with Crippen LogP contribution in [0.2, 0.25) is 10.0 Å². The molecule has 2 aromatic rings. The predicted octanol–water partition coefficient (Wildman–Crippen LogP) is 4.22. The van der Waals surface area contributed by atoms with Gasteiger partial charge in [-0.05, 0) is 48.2 Å². The zero-order valence-electron chi connectivity index (χ0n) is 15.1. The number of hydrogen-bond donors (Lipinski definition) is 0. The van der Waals surface area contributed by atoms with E-state index < -0.39 is 5.82 Å². The fourth-order valence-corrected chi connectivity index (χ4v) is 4.22. The molecular formula is C21H19Cl2FN2O2. The molecule has 7 heteroatoms. The SMILES string of the molecule is O=C(c1ccc(F)cc1Cl)N1CCN(C(=O)C2CC2c2cccc(Cl)c2)CC1. The zero-order chi connectivity index (χ0) is 19.8. The van der Waals surface area contributed by atoms with Crippen molar-refractivity contribution in [2.24, 2.45) is 5.92 Å². The summed E-state index contributed by atoms with van der Waals surface area (Å²) in [6, 6.07) is 11.4. The number of halogens is 3. The van der Waals surface area contributed by atoms with Gasteiger partial charge in [-0.15, -0.1) is 0 Å². The van der Waals surface area contributed by atoms with Crippen LogP contribution in [0.1, 0.15) is 28.3 Å². The van der Waals surface area contributed by atoms with Gasteiger partial charge in [0.05, 0.1) is 10.6 Å². The van der Waals surface area contributed by atoms with Crippen LogP contribution in [-0.2, 0) is 4.79 Å². The van der Waals surface area contributed by atoms with Crippen molar-refractivity contribution in [2.45, 2.75) is 12.3 Å². The normalized spacial score (nSPS) is 21.5. The molecule has 1 saturated heterocycles. The van der Waals surface area contributed by atoms with Crippen LogP contribution < -0.4 is 0 Å². The molecule has 1 heterocycles. The highest BCUT2D eigenvalue weighted by molar-refractivity contribution is 6.33. The van der Waals surface area contributed by atoms with Crippen LogP contribution >= 0.6 is 23.2 Å². The van der Waals surface area contributed by atoms with Crippen LogP contribution in [0.25, 0.3) is 0 Å². The summed E-state index contributed by atoms with van der Waals surface area (Å²) in [5, 5.41) is 0.785. The molecule has 4 nitrogen and oxygen atoms in total. The molecule has 2 unspecified atom stereocenters. The summed E-state index contributed by atoms with van der Waals surface area (Å²) in [6.45, 7) is 1.85. The molecule has 2 amide bonds. The fraction of sp³-hybridized carbons (Fsp3) is 0.333. The third kappa shape index (κ3) is 3.87. The molecule has 1 saturated carbocycles. The molecule has 2 aliphatic rings. The van der Waals surface area contributed by atoms with Gasteiger partial charge in [0.15, 0.2) is 0 Å². The Morgan fingerprint density at radius 1 is 0.964 bits per heavy atom. The number of amides is 2. The Kier molecular flexibility index (Phi) is 5.30. The summed E-state index contributed by atoms with van der Waals surface area (Å²) < 4.78 is 13.2. The highest BCUT2D eigenvalue weighted by Crippen LogP contribution is 2.48. The molecular weight excluding hydrogens is 402 g/mol. The topological polar surface area (TPSA) is 40.6 Å². The minimum atomic E-state index is -0.476. The Labute approximate surface area is 172 Å². The van der Waals surface area contributed by atoms with Gasteiger partial charge in [0.25, 0.3) is 5.91 Å². The average Bonchev–Trinajstić information content (AvgIpc) is 3.48. The quantitative estimate of drug-likeness (QED) is 0.745. The highest BCUT2D eigenvalue weighted by Gasteiger charge is 2.46. The molecule has 0 N–H and O–H groups in total. The number of benzene rings is 2. The largest absolute Gasteiger partial charge is 0.339 e. The van der Waals surface area contributed by atoms with E-state index >= 15 is 0 Å². The fourth-order valence-electron chi connectivity index (χ4n) is 3.77. The van der Waals surface area contributed by atoms with Crippen LogP contribution in [0.15, 0.2) is 42.5 Å².